The van der Waals surface area contributed by atoms with Crippen LogP contribution in [0.3, 0.4) is 0 Å². The molecule has 1 fully saturated rings. The maximum absolute atomic E-state index is 12.5. The lowest BCUT2D eigenvalue weighted by molar-refractivity contribution is 0.0946. The van der Waals surface area contributed by atoms with Gasteiger partial charge in [0.15, 0.2) is 5.82 Å². The number of piperazine rings is 1. The van der Waals surface area contributed by atoms with Crippen LogP contribution in [0.25, 0.3) is 5.82 Å². The zero-order valence-electron chi connectivity index (χ0n) is 14.9. The van der Waals surface area contributed by atoms with Crippen LogP contribution in [0.4, 0.5) is 0 Å². The first-order valence-electron chi connectivity index (χ1n) is 8.49. The molecule has 0 spiro atoms. The van der Waals surface area contributed by atoms with Gasteiger partial charge in [-0.25, -0.2) is 9.67 Å². The molecule has 3 rings (SSSR count). The molecule has 0 saturated carbocycles. The molecule has 0 aliphatic carbocycles. The van der Waals surface area contributed by atoms with E-state index in [4.69, 9.17) is 0 Å². The van der Waals surface area contributed by atoms with E-state index >= 15 is 0 Å². The Labute approximate surface area is 166 Å². The second kappa shape index (κ2) is 11.1. The summed E-state index contributed by atoms with van der Waals surface area (Å²) in [7, 11) is 0. The van der Waals surface area contributed by atoms with Gasteiger partial charge in [0.1, 0.15) is 0 Å². The lowest BCUT2D eigenvalue weighted by atomic mass is 10.2. The zero-order valence-corrected chi connectivity index (χ0v) is 16.5. The van der Waals surface area contributed by atoms with Crippen LogP contribution in [0.2, 0.25) is 0 Å². The quantitative estimate of drug-likeness (QED) is 0.764. The van der Waals surface area contributed by atoms with Gasteiger partial charge in [0, 0.05) is 45.5 Å². The van der Waals surface area contributed by atoms with Crippen molar-refractivity contribution in [1.82, 2.24) is 30.3 Å². The highest BCUT2D eigenvalue weighted by molar-refractivity contribution is 5.95. The van der Waals surface area contributed by atoms with Crippen molar-refractivity contribution in [1.29, 1.82) is 0 Å². The summed E-state index contributed by atoms with van der Waals surface area (Å²) < 4.78 is 1.74. The van der Waals surface area contributed by atoms with Gasteiger partial charge in [-0.3, -0.25) is 9.69 Å². The van der Waals surface area contributed by atoms with Crippen molar-refractivity contribution in [3.8, 4) is 5.82 Å². The van der Waals surface area contributed by atoms with Crippen LogP contribution in [0, 0.1) is 0 Å². The van der Waals surface area contributed by atoms with Crippen molar-refractivity contribution < 1.29 is 4.79 Å². The third-order valence-electron chi connectivity index (χ3n) is 4.24. The molecule has 1 saturated heterocycles. The van der Waals surface area contributed by atoms with E-state index in [0.29, 0.717) is 12.1 Å². The molecule has 2 aromatic heterocycles. The molecule has 3 heterocycles. The fourth-order valence-electron chi connectivity index (χ4n) is 2.94. The Hall–Kier alpha value is -1.67. The van der Waals surface area contributed by atoms with E-state index in [-0.39, 0.29) is 30.7 Å². The summed E-state index contributed by atoms with van der Waals surface area (Å²) in [6.45, 7) is 7.66. The van der Waals surface area contributed by atoms with Crippen molar-refractivity contribution in [3.63, 3.8) is 0 Å². The molecule has 2 N–H and O–H groups in total. The van der Waals surface area contributed by atoms with Crippen LogP contribution in [0.1, 0.15) is 23.0 Å². The van der Waals surface area contributed by atoms with Gasteiger partial charge in [0.2, 0.25) is 0 Å². The highest BCUT2D eigenvalue weighted by atomic mass is 35.5. The van der Waals surface area contributed by atoms with E-state index in [1.807, 2.05) is 25.1 Å². The molecular weight excluding hydrogens is 375 g/mol. The Morgan fingerprint density at radius 3 is 2.69 bits per heavy atom. The monoisotopic (exact) mass is 400 g/mol. The summed E-state index contributed by atoms with van der Waals surface area (Å²) in [6.07, 6.45) is 4.08. The second-order valence-corrected chi connectivity index (χ2v) is 5.81. The normalized spacial score (nSPS) is 14.2. The first-order chi connectivity index (χ1) is 11.8. The van der Waals surface area contributed by atoms with Crippen LogP contribution in [0.5, 0.6) is 0 Å². The van der Waals surface area contributed by atoms with E-state index in [1.54, 1.807) is 17.1 Å². The number of hydrogen-bond donors (Lipinski definition) is 2. The molecule has 0 unspecified atom stereocenters. The number of nitrogens with one attached hydrogen (secondary N) is 2. The number of aromatic nitrogens is 3. The van der Waals surface area contributed by atoms with Crippen molar-refractivity contribution >= 4 is 30.7 Å². The fourth-order valence-corrected chi connectivity index (χ4v) is 2.94. The number of nitrogens with zero attached hydrogens (tertiary/aromatic N) is 4. The van der Waals surface area contributed by atoms with Crippen LogP contribution >= 0.6 is 24.8 Å². The van der Waals surface area contributed by atoms with Gasteiger partial charge in [0.25, 0.3) is 5.91 Å². The van der Waals surface area contributed by atoms with E-state index in [9.17, 15) is 4.79 Å². The van der Waals surface area contributed by atoms with Gasteiger partial charge in [-0.15, -0.1) is 24.8 Å². The van der Waals surface area contributed by atoms with Crippen LogP contribution in [0.15, 0.2) is 30.6 Å². The molecule has 26 heavy (non-hydrogen) atoms. The third kappa shape index (κ3) is 5.41. The lowest BCUT2D eigenvalue weighted by Crippen LogP contribution is -2.46. The van der Waals surface area contributed by atoms with Crippen molar-refractivity contribution in [2.75, 3.05) is 39.3 Å². The predicted octanol–water partition coefficient (Wildman–Crippen LogP) is 1.31. The first kappa shape index (κ1) is 22.4. The average molecular weight is 401 g/mol. The maximum Gasteiger partial charge on any atom is 0.254 e. The highest BCUT2D eigenvalue weighted by Crippen LogP contribution is 2.14. The number of pyridine rings is 1. The largest absolute Gasteiger partial charge is 0.351 e. The second-order valence-electron chi connectivity index (χ2n) is 5.81. The Morgan fingerprint density at radius 2 is 2.04 bits per heavy atom. The average Bonchev–Trinajstić information content (AvgIpc) is 3.07. The molecule has 9 heteroatoms. The number of carbonyl (C=O) groups is 1. The van der Waals surface area contributed by atoms with Gasteiger partial charge in [-0.05, 0) is 18.6 Å². The number of halogens is 2. The molecule has 0 radical (unpaired) electrons. The standard InChI is InChI=1S/C17H24N6O.2ClH/c1-2-15-14(13-21-23(15)16-5-3-4-6-19-16)17(24)20-9-12-22-10-7-18-8-11-22;;/h3-6,13,18H,2,7-12H2,1H3,(H,20,24);2*1H. The summed E-state index contributed by atoms with van der Waals surface area (Å²) in [5.41, 5.74) is 1.51. The van der Waals surface area contributed by atoms with Gasteiger partial charge in [-0.1, -0.05) is 13.0 Å². The SMILES string of the molecule is CCc1c(C(=O)NCCN2CCNCC2)cnn1-c1ccccn1.Cl.Cl. The van der Waals surface area contributed by atoms with Crippen molar-refractivity contribution in [2.24, 2.45) is 0 Å². The summed E-state index contributed by atoms with van der Waals surface area (Å²) in [6, 6.07) is 5.66. The van der Waals surface area contributed by atoms with E-state index in [1.165, 1.54) is 0 Å². The fraction of sp³-hybridized carbons (Fsp3) is 0.471. The van der Waals surface area contributed by atoms with Gasteiger partial charge in [0.05, 0.1) is 17.5 Å². The minimum Gasteiger partial charge on any atom is -0.351 e. The minimum absolute atomic E-state index is 0. The topological polar surface area (TPSA) is 75.1 Å². The van der Waals surface area contributed by atoms with Crippen LogP contribution in [-0.4, -0.2) is 64.8 Å². The first-order valence-corrected chi connectivity index (χ1v) is 8.49. The third-order valence-corrected chi connectivity index (χ3v) is 4.24. The zero-order chi connectivity index (χ0) is 16.8. The van der Waals surface area contributed by atoms with E-state index in [0.717, 1.165) is 50.7 Å². The molecule has 1 aliphatic rings. The van der Waals surface area contributed by atoms with E-state index in [2.05, 4.69) is 25.6 Å². The smallest absolute Gasteiger partial charge is 0.254 e. The van der Waals surface area contributed by atoms with Gasteiger partial charge >= 0.3 is 0 Å². The number of rotatable bonds is 6. The molecule has 2 aromatic rings. The Bertz CT molecular complexity index is 673. The van der Waals surface area contributed by atoms with Crippen molar-refractivity contribution in [2.45, 2.75) is 13.3 Å². The molecule has 144 valence electrons. The van der Waals surface area contributed by atoms with Gasteiger partial charge in [-0.2, -0.15) is 5.10 Å². The van der Waals surface area contributed by atoms with Crippen LogP contribution < -0.4 is 10.6 Å². The maximum atomic E-state index is 12.5. The summed E-state index contributed by atoms with van der Waals surface area (Å²) in [5.74, 6) is 0.665. The molecule has 1 amide bonds. The van der Waals surface area contributed by atoms with Crippen molar-refractivity contribution in [3.05, 3.63) is 41.9 Å². The Morgan fingerprint density at radius 1 is 1.27 bits per heavy atom. The summed E-state index contributed by atoms with van der Waals surface area (Å²) in [4.78, 5) is 19.2. The highest BCUT2D eigenvalue weighted by Gasteiger charge is 2.17. The van der Waals surface area contributed by atoms with Gasteiger partial charge < -0.3 is 10.6 Å². The molecule has 7 nitrogen and oxygen atoms in total. The molecule has 0 bridgehead atoms. The molecular formula is C17H26Cl2N6O. The predicted molar refractivity (Wildman–Crippen MR) is 107 cm³/mol. The van der Waals surface area contributed by atoms with Crippen LogP contribution in [-0.2, 0) is 6.42 Å². The minimum atomic E-state index is -0.0656. The molecule has 1 aliphatic heterocycles. The number of carbonyl (C=O) groups excluding carboxylic acids is 1. The Kier molecular flexibility index (Phi) is 9.58. The summed E-state index contributed by atoms with van der Waals surface area (Å²) >= 11 is 0. The number of amides is 1. The van der Waals surface area contributed by atoms with E-state index < -0.39 is 0 Å². The molecule has 0 aromatic carbocycles. The number of hydrogen-bond acceptors (Lipinski definition) is 5. The lowest BCUT2D eigenvalue weighted by Gasteiger charge is -2.27. The molecule has 0 atom stereocenters. The summed E-state index contributed by atoms with van der Waals surface area (Å²) in [5, 5.41) is 10.7. The Balaban J connectivity index is 0.00000169.